The fraction of sp³-hybridized carbons (Fsp3) is 0.231. The number of nitrogens with one attached hydrogen (secondary N) is 2. The summed E-state index contributed by atoms with van der Waals surface area (Å²) in [6.07, 6.45) is 2.04. The number of benzene rings is 1. The van der Waals surface area contributed by atoms with Crippen LogP contribution in [0.15, 0.2) is 30.5 Å². The van der Waals surface area contributed by atoms with Crippen LogP contribution in [0.25, 0.3) is 10.9 Å². The third-order valence-electron chi connectivity index (χ3n) is 2.77. The van der Waals surface area contributed by atoms with E-state index in [-0.39, 0.29) is 65.1 Å². The number of fused-ring (bicyclic) bond motifs is 1. The molecule has 0 unspecified atom stereocenters. The number of para-hydroxylation sites is 1. The number of rotatable bonds is 4. The number of amides is 1. The van der Waals surface area contributed by atoms with Gasteiger partial charge in [-0.3, -0.25) is 4.79 Å². The van der Waals surface area contributed by atoms with Crippen molar-refractivity contribution >= 4 is 22.8 Å². The van der Waals surface area contributed by atoms with E-state index >= 15 is 0 Å². The first-order valence-electron chi connectivity index (χ1n) is 5.63. The first-order valence-corrected chi connectivity index (χ1v) is 5.63. The molecular weight excluding hydrogens is 271 g/mol. The molecule has 0 saturated heterocycles. The molecule has 0 saturated carbocycles. The fourth-order valence-electron chi connectivity index (χ4n) is 1.97. The van der Waals surface area contributed by atoms with Crippen LogP contribution in [0.2, 0.25) is 0 Å². The maximum atomic E-state index is 11.1. The zero-order valence-electron chi connectivity index (χ0n) is 11.9. The van der Waals surface area contributed by atoms with Crippen molar-refractivity contribution < 1.29 is 67.5 Å². The molecule has 1 aromatic heterocycles. The number of carbonyl (C=O) groups is 2. The number of H-pyrrole nitrogens is 1. The Morgan fingerprint density at radius 2 is 2.11 bits per heavy atom. The van der Waals surface area contributed by atoms with Gasteiger partial charge in [-0.2, -0.15) is 0 Å². The Morgan fingerprint density at radius 3 is 2.74 bits per heavy atom. The van der Waals surface area contributed by atoms with Crippen LogP contribution in [0.4, 0.5) is 0 Å². The zero-order valence-corrected chi connectivity index (χ0v) is 14.1. The van der Waals surface area contributed by atoms with Gasteiger partial charge in [0.15, 0.2) is 0 Å². The minimum Gasteiger partial charge on any atom is -1.00 e. The number of carboxylic acid groups (broad SMARTS) is 1. The first-order chi connectivity index (χ1) is 8.58. The normalized spacial score (nSPS) is 11.6. The van der Waals surface area contributed by atoms with E-state index in [4.69, 9.17) is 5.11 Å². The van der Waals surface area contributed by atoms with Gasteiger partial charge in [0, 0.05) is 30.4 Å². The molecular formula is C13H15KN2O3. The van der Waals surface area contributed by atoms with Crippen molar-refractivity contribution in [1.29, 1.82) is 0 Å². The number of hydrogen-bond donors (Lipinski definition) is 3. The van der Waals surface area contributed by atoms with Gasteiger partial charge in [0.25, 0.3) is 0 Å². The molecule has 1 aromatic carbocycles. The third kappa shape index (κ3) is 4.15. The number of carboxylic acids is 1. The fourth-order valence-corrected chi connectivity index (χ4v) is 1.97. The van der Waals surface area contributed by atoms with E-state index in [0.717, 1.165) is 16.5 Å². The third-order valence-corrected chi connectivity index (χ3v) is 2.77. The average molecular weight is 286 g/mol. The van der Waals surface area contributed by atoms with E-state index in [1.807, 2.05) is 24.3 Å². The summed E-state index contributed by atoms with van der Waals surface area (Å²) in [5.74, 6) is -1.38. The Hall–Kier alpha value is -0.664. The van der Waals surface area contributed by atoms with Crippen molar-refractivity contribution in [2.45, 2.75) is 19.4 Å². The quantitative estimate of drug-likeness (QED) is 0.593. The number of carbonyl (C=O) groups excluding carboxylic acids is 1. The molecule has 2 rings (SSSR count). The molecule has 1 heterocycles. The van der Waals surface area contributed by atoms with Crippen LogP contribution in [0, 0.1) is 0 Å². The molecule has 0 spiro atoms. The van der Waals surface area contributed by atoms with Gasteiger partial charge >= 0.3 is 57.4 Å². The molecule has 0 aliphatic heterocycles. The number of hydrogen-bond acceptors (Lipinski definition) is 2. The number of aliphatic carboxylic acids is 1. The zero-order chi connectivity index (χ0) is 13.1. The summed E-state index contributed by atoms with van der Waals surface area (Å²) in [6, 6.07) is 6.75. The molecule has 2 aromatic rings. The summed E-state index contributed by atoms with van der Waals surface area (Å²) >= 11 is 0. The molecule has 19 heavy (non-hydrogen) atoms. The second kappa shape index (κ2) is 7.21. The van der Waals surface area contributed by atoms with E-state index < -0.39 is 12.0 Å². The first kappa shape index (κ1) is 16.4. The van der Waals surface area contributed by atoms with Crippen LogP contribution in [-0.4, -0.2) is 28.0 Å². The van der Waals surface area contributed by atoms with E-state index in [0.29, 0.717) is 0 Å². The summed E-state index contributed by atoms with van der Waals surface area (Å²) in [4.78, 5) is 25.1. The largest absolute Gasteiger partial charge is 1.00 e. The van der Waals surface area contributed by atoms with Gasteiger partial charge in [0.2, 0.25) is 5.91 Å². The number of aromatic amines is 1. The molecule has 0 bridgehead atoms. The molecule has 0 radical (unpaired) electrons. The van der Waals surface area contributed by atoms with Crippen molar-refractivity contribution in [1.82, 2.24) is 10.3 Å². The minimum absolute atomic E-state index is 0. The van der Waals surface area contributed by atoms with Crippen molar-refractivity contribution in [2.24, 2.45) is 0 Å². The van der Waals surface area contributed by atoms with E-state index in [1.54, 1.807) is 6.20 Å². The van der Waals surface area contributed by atoms with Crippen LogP contribution in [-0.2, 0) is 16.0 Å². The Labute approximate surface area is 154 Å². The van der Waals surface area contributed by atoms with Gasteiger partial charge in [0.1, 0.15) is 6.04 Å². The maximum Gasteiger partial charge on any atom is 1.00 e. The summed E-state index contributed by atoms with van der Waals surface area (Å²) in [6.45, 7) is 1.31. The molecule has 6 heteroatoms. The van der Waals surface area contributed by atoms with Gasteiger partial charge < -0.3 is 16.8 Å². The average Bonchev–Trinajstić information content (AvgIpc) is 2.71. The van der Waals surface area contributed by atoms with Crippen molar-refractivity contribution in [3.63, 3.8) is 0 Å². The monoisotopic (exact) mass is 286 g/mol. The molecule has 3 N–H and O–H groups in total. The predicted molar refractivity (Wildman–Crippen MR) is 68.4 cm³/mol. The summed E-state index contributed by atoms with van der Waals surface area (Å²) in [5, 5.41) is 12.5. The van der Waals surface area contributed by atoms with Gasteiger partial charge in [-0.1, -0.05) is 18.2 Å². The standard InChI is InChI=1S/C13H14N2O3.K.H/c1-8(16)15-12(13(17)18)6-9-7-14-11-5-3-2-4-10(9)11;;/h2-5,7,12,14H,6H2,1H3,(H,15,16)(H,17,18);;/q;+1;-1/t12-;;/m0../s1. The van der Waals surface area contributed by atoms with Crippen molar-refractivity contribution in [3.05, 3.63) is 36.0 Å². The van der Waals surface area contributed by atoms with Crippen molar-refractivity contribution in [3.8, 4) is 0 Å². The Balaban J connectivity index is 0.00000180. The molecule has 0 aliphatic carbocycles. The van der Waals surface area contributed by atoms with Crippen LogP contribution in [0.3, 0.4) is 0 Å². The molecule has 0 aliphatic rings. The van der Waals surface area contributed by atoms with E-state index in [1.165, 1.54) is 6.92 Å². The van der Waals surface area contributed by atoms with Crippen LogP contribution >= 0.6 is 0 Å². The topological polar surface area (TPSA) is 82.2 Å². The van der Waals surface area contributed by atoms with E-state index in [9.17, 15) is 9.59 Å². The molecule has 0 fully saturated rings. The van der Waals surface area contributed by atoms with Crippen molar-refractivity contribution in [2.75, 3.05) is 0 Å². The van der Waals surface area contributed by atoms with E-state index in [2.05, 4.69) is 10.3 Å². The summed E-state index contributed by atoms with van der Waals surface area (Å²) in [5.41, 5.74) is 1.84. The van der Waals surface area contributed by atoms with Crippen LogP contribution < -0.4 is 56.7 Å². The maximum absolute atomic E-state index is 11.1. The minimum atomic E-state index is -1.03. The summed E-state index contributed by atoms with van der Waals surface area (Å²) < 4.78 is 0. The van der Waals surface area contributed by atoms with Crippen LogP contribution in [0.1, 0.15) is 13.9 Å². The molecule has 5 nitrogen and oxygen atoms in total. The Kier molecular flexibility index (Phi) is 6.22. The molecule has 1 amide bonds. The SMILES string of the molecule is CC(=O)N[C@@H](Cc1c[nH]c2ccccc12)C(=O)O.[H-].[K+]. The van der Waals surface area contributed by atoms with Gasteiger partial charge in [-0.05, 0) is 11.6 Å². The number of aromatic nitrogens is 1. The Morgan fingerprint density at radius 1 is 1.42 bits per heavy atom. The van der Waals surface area contributed by atoms with Crippen LogP contribution in [0.5, 0.6) is 0 Å². The van der Waals surface area contributed by atoms with Gasteiger partial charge in [0.05, 0.1) is 0 Å². The Bertz CT molecular complexity index is 600. The second-order valence-electron chi connectivity index (χ2n) is 4.15. The predicted octanol–water partition coefficient (Wildman–Crippen LogP) is -1.58. The smallest absolute Gasteiger partial charge is 1.00 e. The second-order valence-corrected chi connectivity index (χ2v) is 4.15. The van der Waals surface area contributed by atoms with Gasteiger partial charge in [-0.15, -0.1) is 0 Å². The molecule has 96 valence electrons. The summed E-state index contributed by atoms with van der Waals surface area (Å²) in [7, 11) is 0. The molecule has 1 atom stereocenters. The van der Waals surface area contributed by atoms with Gasteiger partial charge in [-0.25, -0.2) is 4.79 Å².